The van der Waals surface area contributed by atoms with Crippen molar-refractivity contribution in [3.05, 3.63) is 375 Å². The quantitative estimate of drug-likeness (QED) is 0.0951. The lowest BCUT2D eigenvalue weighted by Crippen LogP contribution is -2.22. The second-order valence-corrected chi connectivity index (χ2v) is 27.0. The molecule has 15 aromatic rings. The van der Waals surface area contributed by atoms with Crippen molar-refractivity contribution in [2.24, 2.45) is 0 Å². The Morgan fingerprint density at radius 2 is 0.583 bits per heavy atom. The highest BCUT2D eigenvalue weighted by Crippen LogP contribution is 2.50. The van der Waals surface area contributed by atoms with Gasteiger partial charge in [-0.1, -0.05) is 338 Å². The van der Waals surface area contributed by atoms with E-state index in [4.69, 9.17) is 0 Å². The summed E-state index contributed by atoms with van der Waals surface area (Å²) in [7, 11) is 0. The second kappa shape index (κ2) is 26.1. The Labute approximate surface area is 566 Å². The van der Waals surface area contributed by atoms with Gasteiger partial charge in [0.25, 0.3) is 0 Å². The van der Waals surface area contributed by atoms with Crippen LogP contribution in [-0.4, -0.2) is 0 Å². The molecule has 0 aliphatic carbocycles. The molecule has 0 saturated carbocycles. The van der Waals surface area contributed by atoms with E-state index in [-0.39, 0.29) is 10.8 Å². The molecule has 96 heavy (non-hydrogen) atoms. The zero-order valence-corrected chi connectivity index (χ0v) is 55.2. The van der Waals surface area contributed by atoms with Gasteiger partial charge in [0, 0.05) is 33.8 Å². The van der Waals surface area contributed by atoms with Gasteiger partial charge in [0.15, 0.2) is 0 Å². The van der Waals surface area contributed by atoms with Crippen molar-refractivity contribution in [2.75, 3.05) is 9.80 Å². The molecule has 0 spiro atoms. The Balaban J connectivity index is 0.729. The van der Waals surface area contributed by atoms with Crippen molar-refractivity contribution in [3.8, 4) is 77.9 Å². The maximum atomic E-state index is 2.48. The lowest BCUT2D eigenvalue weighted by atomic mass is 9.75. The average molecular weight is 1230 g/mol. The molecule has 0 N–H and O–H groups in total. The summed E-state index contributed by atoms with van der Waals surface area (Å²) in [6.07, 6.45) is 0.862. The summed E-state index contributed by atoms with van der Waals surface area (Å²) >= 11 is 0. The van der Waals surface area contributed by atoms with Gasteiger partial charge in [0.1, 0.15) is 0 Å². The molecular formula is C94H76N2. The van der Waals surface area contributed by atoms with Crippen LogP contribution in [-0.2, 0) is 17.3 Å². The maximum absolute atomic E-state index is 2.48. The molecule has 2 heteroatoms. The number of hydrogen-bond acceptors (Lipinski definition) is 2. The maximum Gasteiger partial charge on any atom is 0.0540 e. The number of benzene rings is 15. The minimum Gasteiger partial charge on any atom is -0.310 e. The predicted octanol–water partition coefficient (Wildman–Crippen LogP) is 26.4. The van der Waals surface area contributed by atoms with Crippen molar-refractivity contribution in [3.63, 3.8) is 0 Å². The highest BCUT2D eigenvalue weighted by atomic mass is 15.2. The molecule has 0 amide bonds. The molecule has 2 nitrogen and oxygen atoms in total. The van der Waals surface area contributed by atoms with Crippen molar-refractivity contribution in [1.29, 1.82) is 0 Å². The number of fused-ring (bicyclic) bond motifs is 2. The molecule has 0 fully saturated rings. The first-order chi connectivity index (χ1) is 47.0. The number of rotatable bonds is 16. The van der Waals surface area contributed by atoms with E-state index in [0.29, 0.717) is 0 Å². The topological polar surface area (TPSA) is 6.48 Å². The van der Waals surface area contributed by atoms with Crippen LogP contribution in [0.2, 0.25) is 0 Å². The third-order valence-electron chi connectivity index (χ3n) is 19.2. The fraction of sp³-hybridized carbons (Fsp3) is 0.0851. The molecule has 15 aromatic carbocycles. The van der Waals surface area contributed by atoms with Gasteiger partial charge in [-0.2, -0.15) is 0 Å². The van der Waals surface area contributed by atoms with E-state index in [2.05, 4.69) is 402 Å². The van der Waals surface area contributed by atoms with Crippen LogP contribution in [0.3, 0.4) is 0 Å². The highest BCUT2D eigenvalue weighted by Gasteiger charge is 2.28. The van der Waals surface area contributed by atoms with Crippen molar-refractivity contribution in [1.82, 2.24) is 0 Å². The zero-order valence-electron chi connectivity index (χ0n) is 55.2. The van der Waals surface area contributed by atoms with Crippen LogP contribution >= 0.6 is 0 Å². The van der Waals surface area contributed by atoms with E-state index in [0.717, 1.165) is 40.5 Å². The largest absolute Gasteiger partial charge is 0.310 e. The zero-order chi connectivity index (χ0) is 65.2. The summed E-state index contributed by atoms with van der Waals surface area (Å²) in [5.41, 5.74) is 26.9. The Bertz CT molecular complexity index is 5230. The lowest BCUT2D eigenvalue weighted by molar-refractivity contribution is 0.517. The normalized spacial score (nSPS) is 11.6. The Morgan fingerprint density at radius 3 is 1.08 bits per heavy atom. The van der Waals surface area contributed by atoms with Crippen LogP contribution < -0.4 is 9.80 Å². The van der Waals surface area contributed by atoms with Crippen LogP contribution in [0.25, 0.3) is 99.4 Å². The summed E-state index contributed by atoms with van der Waals surface area (Å²) in [5.74, 6) is 0. The van der Waals surface area contributed by atoms with Gasteiger partial charge in [-0.3, -0.25) is 0 Å². The summed E-state index contributed by atoms with van der Waals surface area (Å²) in [6, 6.07) is 132. The molecule has 0 atom stereocenters. The summed E-state index contributed by atoms with van der Waals surface area (Å²) in [6.45, 7) is 11.9. The van der Waals surface area contributed by atoms with E-state index >= 15 is 0 Å². The van der Waals surface area contributed by atoms with Gasteiger partial charge in [0.05, 0.1) is 17.1 Å². The van der Waals surface area contributed by atoms with E-state index in [1.165, 1.54) is 116 Å². The van der Waals surface area contributed by atoms with Crippen molar-refractivity contribution >= 4 is 55.7 Å². The van der Waals surface area contributed by atoms with Gasteiger partial charge in [0.2, 0.25) is 0 Å². The molecule has 0 aliphatic heterocycles. The third kappa shape index (κ3) is 12.1. The minimum absolute atomic E-state index is 0.109. The summed E-state index contributed by atoms with van der Waals surface area (Å²) in [5, 5.41) is 4.92. The first-order valence-corrected chi connectivity index (χ1v) is 33.6. The molecular weight excluding hydrogens is 1160 g/mol. The monoisotopic (exact) mass is 1230 g/mol. The third-order valence-corrected chi connectivity index (χ3v) is 19.2. The predicted molar refractivity (Wildman–Crippen MR) is 411 cm³/mol. The first kappa shape index (κ1) is 60.6. The fourth-order valence-electron chi connectivity index (χ4n) is 14.3. The SMILES string of the molecule is CC(C)(C)c1cc(-c2ccccc2N(c2ccccc2)c2ccccc2-c2cccc3cccc(-c4ccccc4)c23)cc(C(C)(C)Cc2cccc(-c3ccc(-c4ccc(N(c5ccccc5)c5ccccc5-c5cccc6cccc(-c7ccccc7)c56)cc4)cc3)c2)c1. The van der Waals surface area contributed by atoms with E-state index in [1.807, 2.05) is 0 Å². The number of para-hydroxylation sites is 5. The van der Waals surface area contributed by atoms with Crippen LogP contribution in [0.4, 0.5) is 34.1 Å². The summed E-state index contributed by atoms with van der Waals surface area (Å²) < 4.78 is 0. The lowest BCUT2D eigenvalue weighted by Gasteiger charge is -2.32. The molecule has 462 valence electrons. The summed E-state index contributed by atoms with van der Waals surface area (Å²) in [4.78, 5) is 4.88. The number of nitrogens with zero attached hydrogens (tertiary/aromatic N) is 2. The first-order valence-electron chi connectivity index (χ1n) is 33.6. The molecule has 0 bridgehead atoms. The van der Waals surface area contributed by atoms with Gasteiger partial charge in [-0.25, -0.2) is 0 Å². The number of anilines is 6. The van der Waals surface area contributed by atoms with Crippen molar-refractivity contribution < 1.29 is 0 Å². The molecule has 0 saturated heterocycles. The fourth-order valence-corrected chi connectivity index (χ4v) is 14.3. The molecule has 0 radical (unpaired) electrons. The Morgan fingerprint density at radius 1 is 0.229 bits per heavy atom. The van der Waals surface area contributed by atoms with Gasteiger partial charge in [-0.15, -0.1) is 0 Å². The molecule has 0 heterocycles. The second-order valence-electron chi connectivity index (χ2n) is 27.0. The van der Waals surface area contributed by atoms with Gasteiger partial charge >= 0.3 is 0 Å². The molecule has 0 aliphatic rings. The highest BCUT2D eigenvalue weighted by molar-refractivity contribution is 6.10. The van der Waals surface area contributed by atoms with E-state index in [1.54, 1.807) is 0 Å². The average Bonchev–Trinajstić information content (AvgIpc) is 0.824. The smallest absolute Gasteiger partial charge is 0.0540 e. The van der Waals surface area contributed by atoms with Gasteiger partial charge in [-0.05, 0) is 171 Å². The van der Waals surface area contributed by atoms with Crippen LogP contribution in [0.5, 0.6) is 0 Å². The molecule has 0 aromatic heterocycles. The van der Waals surface area contributed by atoms with E-state index in [9.17, 15) is 0 Å². The number of hydrogen-bond donors (Lipinski definition) is 0. The minimum atomic E-state index is -0.226. The molecule has 0 unspecified atom stereocenters. The van der Waals surface area contributed by atoms with Crippen molar-refractivity contribution in [2.45, 2.75) is 51.9 Å². The standard InChI is InChI=1S/C94H76N2/c1-93(2,3)76-62-75(81-43-18-21-50-88(81)96(79-41-16-9-17-42-79)90-52-23-20-45-85(90)87-49-28-37-73-35-26-47-83(92(73)87)71-32-12-7-13-33-71)63-77(64-76)94(4,5)65-66-29-24-38-74(61-66)69-55-53-67(54-56-69)68-57-59-80(60-58-68)95(78-39-14-8-15-40-78)89-51-22-19-44-84(89)86-48-27-36-72-34-25-46-82(91(72)86)70-30-10-6-11-31-70/h6-64H,65H2,1-5H3. The molecule has 15 rings (SSSR count). The van der Waals surface area contributed by atoms with Crippen LogP contribution in [0.1, 0.15) is 51.3 Å². The van der Waals surface area contributed by atoms with E-state index < -0.39 is 0 Å². The Kier molecular flexibility index (Phi) is 16.5. The Hall–Kier alpha value is -11.6. The van der Waals surface area contributed by atoms with Crippen LogP contribution in [0.15, 0.2) is 358 Å². The van der Waals surface area contributed by atoms with Gasteiger partial charge < -0.3 is 9.80 Å². The van der Waals surface area contributed by atoms with Crippen LogP contribution in [0, 0.1) is 0 Å².